The van der Waals surface area contributed by atoms with E-state index in [1.807, 2.05) is 36.4 Å². The summed E-state index contributed by atoms with van der Waals surface area (Å²) in [4.78, 5) is 0. The summed E-state index contributed by atoms with van der Waals surface area (Å²) in [6.07, 6.45) is 0. The average molecular weight is 560 g/mol. The normalized spacial score (nSPS) is 11.8. The van der Waals surface area contributed by atoms with Gasteiger partial charge in [0.2, 0.25) is 0 Å². The number of ether oxygens (including phenoxy) is 1. The van der Waals surface area contributed by atoms with Crippen LogP contribution in [0.3, 0.4) is 0 Å². The Bertz CT molecular complexity index is 873. The third kappa shape index (κ3) is 2.44. The fourth-order valence-electron chi connectivity index (χ4n) is 2.78. The lowest BCUT2D eigenvalue weighted by atomic mass is 9.94. The molecule has 0 amide bonds. The maximum Gasteiger partial charge on any atom is 0.135 e. The van der Waals surface area contributed by atoms with E-state index >= 15 is 0 Å². The Hall–Kier alpha value is -0.620. The summed E-state index contributed by atoms with van der Waals surface area (Å²) in [5.74, 6) is 1.70. The van der Waals surface area contributed by atoms with E-state index in [0.717, 1.165) is 51.6 Å². The Kier molecular flexibility index (Phi) is 4.16. The van der Waals surface area contributed by atoms with Crippen molar-refractivity contribution < 1.29 is 4.74 Å². The van der Waals surface area contributed by atoms with Crippen molar-refractivity contribution in [2.24, 2.45) is 0 Å². The first kappa shape index (κ1) is 15.9. The molecule has 0 spiro atoms. The molecule has 0 saturated carbocycles. The Balaban J connectivity index is 2.25. The molecule has 0 fully saturated rings. The van der Waals surface area contributed by atoms with E-state index in [-0.39, 0.29) is 0 Å². The Morgan fingerprint density at radius 2 is 0.913 bits per heavy atom. The molecule has 23 heavy (non-hydrogen) atoms. The van der Waals surface area contributed by atoms with Gasteiger partial charge in [-0.2, -0.15) is 0 Å². The van der Waals surface area contributed by atoms with Crippen molar-refractivity contribution >= 4 is 63.7 Å². The van der Waals surface area contributed by atoms with Crippen molar-refractivity contribution in [3.63, 3.8) is 0 Å². The first-order chi connectivity index (χ1) is 11.1. The molecule has 114 valence electrons. The second-order valence-corrected chi connectivity index (χ2v) is 8.27. The van der Waals surface area contributed by atoms with Crippen molar-refractivity contribution in [2.45, 2.75) is 0 Å². The third-order valence-corrected chi connectivity index (χ3v) is 8.57. The number of para-hydroxylation sites is 2. The number of hydrogen-bond donors (Lipinski definition) is 0. The Labute approximate surface area is 167 Å². The Morgan fingerprint density at radius 3 is 1.35 bits per heavy atom. The van der Waals surface area contributed by atoms with E-state index in [2.05, 4.69) is 75.9 Å². The lowest BCUT2D eigenvalue weighted by molar-refractivity contribution is 0.487. The van der Waals surface area contributed by atoms with Gasteiger partial charge in [0.25, 0.3) is 0 Å². The van der Waals surface area contributed by atoms with E-state index in [1.54, 1.807) is 0 Å². The minimum Gasteiger partial charge on any atom is -0.456 e. The van der Waals surface area contributed by atoms with Gasteiger partial charge >= 0.3 is 0 Å². The van der Waals surface area contributed by atoms with Gasteiger partial charge in [0.1, 0.15) is 11.5 Å². The van der Waals surface area contributed by atoms with Crippen LogP contribution in [-0.4, -0.2) is 0 Å². The Morgan fingerprint density at radius 1 is 0.522 bits per heavy atom. The molecule has 0 N–H and O–H groups in total. The SMILES string of the molecule is Brc1c(Br)c(Br)c2c(c1Br)-c1ccccc1Oc1ccccc1-2. The largest absolute Gasteiger partial charge is 0.456 e. The number of hydrogen-bond acceptors (Lipinski definition) is 1. The molecule has 0 saturated heterocycles. The van der Waals surface area contributed by atoms with Crippen molar-refractivity contribution in [1.82, 2.24) is 0 Å². The van der Waals surface area contributed by atoms with Crippen molar-refractivity contribution in [3.05, 3.63) is 66.4 Å². The summed E-state index contributed by atoms with van der Waals surface area (Å²) < 4.78 is 10.1. The van der Waals surface area contributed by atoms with Crippen molar-refractivity contribution in [2.75, 3.05) is 0 Å². The zero-order valence-electron chi connectivity index (χ0n) is 11.5. The fourth-order valence-corrected chi connectivity index (χ4v) is 5.33. The van der Waals surface area contributed by atoms with Gasteiger partial charge in [-0.15, -0.1) is 0 Å². The zero-order valence-corrected chi connectivity index (χ0v) is 17.9. The van der Waals surface area contributed by atoms with Crippen LogP contribution >= 0.6 is 63.7 Å². The van der Waals surface area contributed by atoms with E-state index in [1.165, 1.54) is 0 Å². The second-order valence-electron chi connectivity index (χ2n) is 5.10. The quantitative estimate of drug-likeness (QED) is 0.156. The minimum absolute atomic E-state index is 0.848. The van der Waals surface area contributed by atoms with Crippen LogP contribution in [0, 0.1) is 0 Å². The molecule has 3 aromatic rings. The molecular formula is C18H8Br4O. The molecule has 3 aromatic carbocycles. The zero-order chi connectivity index (χ0) is 16.1. The van der Waals surface area contributed by atoms with Gasteiger partial charge in [0.05, 0.1) is 0 Å². The van der Waals surface area contributed by atoms with E-state index in [4.69, 9.17) is 4.74 Å². The molecule has 0 bridgehead atoms. The average Bonchev–Trinajstić information content (AvgIpc) is 2.72. The van der Waals surface area contributed by atoms with E-state index in [9.17, 15) is 0 Å². The number of fused-ring (bicyclic) bond motifs is 5. The van der Waals surface area contributed by atoms with Crippen LogP contribution in [0.1, 0.15) is 0 Å². The summed E-state index contributed by atoms with van der Waals surface area (Å²) >= 11 is 14.8. The number of rotatable bonds is 0. The molecule has 0 radical (unpaired) electrons. The number of halogens is 4. The summed E-state index contributed by atoms with van der Waals surface area (Å²) in [7, 11) is 0. The van der Waals surface area contributed by atoms with Gasteiger partial charge in [0.15, 0.2) is 0 Å². The van der Waals surface area contributed by atoms with Crippen LogP contribution in [0.4, 0.5) is 0 Å². The van der Waals surface area contributed by atoms with Gasteiger partial charge < -0.3 is 4.74 Å². The molecule has 0 atom stereocenters. The molecule has 0 unspecified atom stereocenters. The number of benzene rings is 3. The molecule has 0 aliphatic carbocycles. The first-order valence-corrected chi connectivity index (χ1v) is 9.99. The van der Waals surface area contributed by atoms with Crippen LogP contribution in [-0.2, 0) is 0 Å². The van der Waals surface area contributed by atoms with Crippen molar-refractivity contribution in [1.29, 1.82) is 0 Å². The predicted octanol–water partition coefficient (Wildman–Crippen LogP) is 8.18. The molecule has 1 aliphatic rings. The monoisotopic (exact) mass is 556 g/mol. The summed E-state index contributed by atoms with van der Waals surface area (Å²) in [6.45, 7) is 0. The van der Waals surface area contributed by atoms with Crippen LogP contribution in [0.2, 0.25) is 0 Å². The van der Waals surface area contributed by atoms with Gasteiger partial charge in [-0.1, -0.05) is 36.4 Å². The first-order valence-electron chi connectivity index (χ1n) is 6.82. The second kappa shape index (κ2) is 6.03. The highest BCUT2D eigenvalue weighted by Crippen LogP contribution is 2.55. The summed E-state index contributed by atoms with van der Waals surface area (Å²) in [6, 6.07) is 16.2. The van der Waals surface area contributed by atoms with Gasteiger partial charge in [-0.05, 0) is 75.9 Å². The maximum atomic E-state index is 6.20. The fraction of sp³-hybridized carbons (Fsp3) is 0. The highest BCUT2D eigenvalue weighted by Gasteiger charge is 2.27. The van der Waals surface area contributed by atoms with Crippen LogP contribution < -0.4 is 4.74 Å². The predicted molar refractivity (Wildman–Crippen MR) is 108 cm³/mol. The van der Waals surface area contributed by atoms with E-state index < -0.39 is 0 Å². The highest BCUT2D eigenvalue weighted by molar-refractivity contribution is 9.15. The minimum atomic E-state index is 0.848. The van der Waals surface area contributed by atoms with E-state index in [0.29, 0.717) is 0 Å². The molecule has 5 heteroatoms. The van der Waals surface area contributed by atoms with Gasteiger partial charge in [-0.3, -0.25) is 0 Å². The standard InChI is InChI=1S/C18H8Br4O/c19-15-13-9-5-1-3-7-11(9)23-12-8-4-2-6-10(12)14(13)16(20)18(22)17(15)21/h1-8H. The molecular weight excluding hydrogens is 552 g/mol. The molecule has 1 aliphatic heterocycles. The lowest BCUT2D eigenvalue weighted by Crippen LogP contribution is -1.90. The van der Waals surface area contributed by atoms with Crippen molar-refractivity contribution in [3.8, 4) is 33.8 Å². The van der Waals surface area contributed by atoms with Gasteiger partial charge in [-0.25, -0.2) is 0 Å². The third-order valence-electron chi connectivity index (χ3n) is 3.80. The van der Waals surface area contributed by atoms with Crippen LogP contribution in [0.25, 0.3) is 22.3 Å². The maximum absolute atomic E-state index is 6.20. The summed E-state index contributed by atoms with van der Waals surface area (Å²) in [5.41, 5.74) is 4.32. The summed E-state index contributed by atoms with van der Waals surface area (Å²) in [5, 5.41) is 0. The van der Waals surface area contributed by atoms with Crippen LogP contribution in [0.5, 0.6) is 11.5 Å². The smallest absolute Gasteiger partial charge is 0.135 e. The van der Waals surface area contributed by atoms with Gasteiger partial charge in [0, 0.05) is 40.1 Å². The molecule has 1 nitrogen and oxygen atoms in total. The highest BCUT2D eigenvalue weighted by atomic mass is 79.9. The molecule has 4 rings (SSSR count). The van der Waals surface area contributed by atoms with Crippen LogP contribution in [0.15, 0.2) is 66.4 Å². The lowest BCUT2D eigenvalue weighted by Gasteiger charge is -2.16. The molecule has 1 heterocycles. The molecule has 0 aromatic heterocycles. The topological polar surface area (TPSA) is 9.23 Å².